The summed E-state index contributed by atoms with van der Waals surface area (Å²) in [4.78, 5) is 8.36. The molecule has 2 aliphatic rings. The number of alkyl halides is 2. The van der Waals surface area contributed by atoms with Gasteiger partial charge in [-0.3, -0.25) is 9.88 Å². The average Bonchev–Trinajstić information content (AvgIpc) is 3.12. The number of nitrogens with zero attached hydrogens (tertiary/aromatic N) is 3. The second-order valence-corrected chi connectivity index (χ2v) is 7.68. The number of halogens is 2. The van der Waals surface area contributed by atoms with E-state index in [9.17, 15) is 8.78 Å². The molecule has 27 heavy (non-hydrogen) atoms. The Morgan fingerprint density at radius 1 is 1.07 bits per heavy atom. The van der Waals surface area contributed by atoms with Crippen LogP contribution in [0, 0.1) is 5.41 Å². The second kappa shape index (κ2) is 7.08. The molecule has 0 radical (unpaired) electrons. The maximum Gasteiger partial charge on any atom is 0.257 e. The normalized spacial score (nSPS) is 25.1. The van der Waals surface area contributed by atoms with E-state index in [2.05, 4.69) is 14.8 Å². The molecule has 1 aromatic heterocycles. The fourth-order valence-electron chi connectivity index (χ4n) is 4.37. The van der Waals surface area contributed by atoms with Crippen molar-refractivity contribution < 1.29 is 13.5 Å². The number of ether oxygens (including phenoxy) is 1. The first-order chi connectivity index (χ1) is 13.0. The Bertz CT molecular complexity index is 769. The summed E-state index contributed by atoms with van der Waals surface area (Å²) in [5.74, 6) is -1.83. The molecule has 6 heteroatoms. The summed E-state index contributed by atoms with van der Waals surface area (Å²) in [7, 11) is 1.64. The van der Waals surface area contributed by atoms with E-state index in [1.807, 2.05) is 36.4 Å². The van der Waals surface area contributed by atoms with Crippen LogP contribution in [0.5, 0.6) is 5.75 Å². The van der Waals surface area contributed by atoms with Crippen molar-refractivity contribution in [3.05, 3.63) is 54.4 Å². The summed E-state index contributed by atoms with van der Waals surface area (Å²) in [6.45, 7) is 2.56. The largest absolute Gasteiger partial charge is 0.497 e. The van der Waals surface area contributed by atoms with Crippen LogP contribution in [0.1, 0.15) is 18.4 Å². The van der Waals surface area contributed by atoms with Crippen molar-refractivity contribution in [1.82, 2.24) is 9.88 Å². The van der Waals surface area contributed by atoms with Gasteiger partial charge in [0.2, 0.25) is 0 Å². The molecular weight excluding hydrogens is 348 g/mol. The van der Waals surface area contributed by atoms with Crippen molar-refractivity contribution in [2.45, 2.75) is 25.3 Å². The fourth-order valence-corrected chi connectivity index (χ4v) is 4.37. The molecule has 0 aliphatic carbocycles. The van der Waals surface area contributed by atoms with Crippen LogP contribution >= 0.6 is 0 Å². The number of pyridine rings is 1. The van der Waals surface area contributed by atoms with E-state index >= 15 is 0 Å². The third kappa shape index (κ3) is 3.50. The van der Waals surface area contributed by atoms with E-state index in [4.69, 9.17) is 4.74 Å². The van der Waals surface area contributed by atoms with Gasteiger partial charge in [-0.15, -0.1) is 0 Å². The zero-order valence-corrected chi connectivity index (χ0v) is 15.6. The predicted octanol–water partition coefficient (Wildman–Crippen LogP) is 3.83. The summed E-state index contributed by atoms with van der Waals surface area (Å²) in [5, 5.41) is 0. The van der Waals surface area contributed by atoms with E-state index in [-0.39, 0.29) is 6.42 Å². The van der Waals surface area contributed by atoms with Crippen molar-refractivity contribution in [1.29, 1.82) is 0 Å². The van der Waals surface area contributed by atoms with Crippen molar-refractivity contribution in [2.75, 3.05) is 38.2 Å². The minimum atomic E-state index is -2.64. The molecule has 1 aromatic carbocycles. The highest BCUT2D eigenvalue weighted by molar-refractivity contribution is 5.45. The number of likely N-dealkylation sites (tertiary alicyclic amines) is 1. The summed E-state index contributed by atoms with van der Waals surface area (Å²) in [6, 6.07) is 11.7. The highest BCUT2D eigenvalue weighted by Gasteiger charge is 2.59. The Morgan fingerprint density at radius 3 is 2.59 bits per heavy atom. The lowest BCUT2D eigenvalue weighted by Crippen LogP contribution is -2.56. The van der Waals surface area contributed by atoms with Gasteiger partial charge in [0, 0.05) is 45.3 Å². The summed E-state index contributed by atoms with van der Waals surface area (Å²) in [5.41, 5.74) is 1.06. The van der Waals surface area contributed by atoms with Crippen LogP contribution in [0.2, 0.25) is 0 Å². The smallest absolute Gasteiger partial charge is 0.257 e. The Kier molecular flexibility index (Phi) is 4.76. The minimum absolute atomic E-state index is 0.0793. The van der Waals surface area contributed by atoms with E-state index < -0.39 is 11.3 Å². The van der Waals surface area contributed by atoms with Gasteiger partial charge >= 0.3 is 0 Å². The maximum atomic E-state index is 15.0. The van der Waals surface area contributed by atoms with Gasteiger partial charge in [-0.05, 0) is 36.2 Å². The van der Waals surface area contributed by atoms with Gasteiger partial charge in [0.1, 0.15) is 5.75 Å². The number of hydrogen-bond donors (Lipinski definition) is 0. The van der Waals surface area contributed by atoms with Gasteiger partial charge in [-0.25, -0.2) is 8.78 Å². The van der Waals surface area contributed by atoms with Gasteiger partial charge in [0.15, 0.2) is 0 Å². The minimum Gasteiger partial charge on any atom is -0.497 e. The summed E-state index contributed by atoms with van der Waals surface area (Å²) >= 11 is 0. The van der Waals surface area contributed by atoms with E-state index in [0.29, 0.717) is 39.1 Å². The van der Waals surface area contributed by atoms with Gasteiger partial charge in [-0.1, -0.05) is 12.1 Å². The van der Waals surface area contributed by atoms with Crippen LogP contribution in [0.3, 0.4) is 0 Å². The number of piperidine rings is 1. The average molecular weight is 373 g/mol. The maximum absolute atomic E-state index is 15.0. The molecule has 3 heterocycles. The van der Waals surface area contributed by atoms with Gasteiger partial charge < -0.3 is 9.64 Å². The fraction of sp³-hybridized carbons (Fsp3) is 0.476. The van der Waals surface area contributed by atoms with E-state index in [1.54, 1.807) is 19.5 Å². The number of hydrogen-bond acceptors (Lipinski definition) is 4. The molecule has 1 spiro atoms. The van der Waals surface area contributed by atoms with Crippen LogP contribution in [0.25, 0.3) is 0 Å². The molecule has 0 amide bonds. The summed E-state index contributed by atoms with van der Waals surface area (Å²) < 4.78 is 35.2. The molecule has 0 bridgehead atoms. The number of rotatable bonds is 4. The van der Waals surface area contributed by atoms with Crippen molar-refractivity contribution in [3.8, 4) is 5.75 Å². The molecule has 4 nitrogen and oxygen atoms in total. The van der Waals surface area contributed by atoms with Gasteiger partial charge in [0.25, 0.3) is 5.92 Å². The van der Waals surface area contributed by atoms with Crippen LogP contribution in [-0.4, -0.2) is 49.1 Å². The lowest BCUT2D eigenvalue weighted by Gasteiger charge is -2.46. The van der Waals surface area contributed by atoms with Crippen LogP contribution in [0.4, 0.5) is 14.5 Å². The molecule has 2 fully saturated rings. The quantitative estimate of drug-likeness (QED) is 0.815. The number of anilines is 1. The lowest BCUT2D eigenvalue weighted by atomic mass is 9.75. The van der Waals surface area contributed by atoms with E-state index in [1.165, 1.54) is 0 Å². The molecule has 0 saturated carbocycles. The third-order valence-electron chi connectivity index (χ3n) is 5.97. The Morgan fingerprint density at radius 2 is 1.89 bits per heavy atom. The molecule has 0 N–H and O–H groups in total. The Hall–Kier alpha value is -2.21. The molecule has 1 atom stereocenters. The Balaban J connectivity index is 1.49. The monoisotopic (exact) mass is 373 g/mol. The zero-order valence-electron chi connectivity index (χ0n) is 15.6. The van der Waals surface area contributed by atoms with Crippen molar-refractivity contribution in [2.24, 2.45) is 5.41 Å². The topological polar surface area (TPSA) is 28.6 Å². The predicted molar refractivity (Wildman–Crippen MR) is 101 cm³/mol. The zero-order chi connectivity index (χ0) is 18.9. The highest BCUT2D eigenvalue weighted by atomic mass is 19.3. The number of methoxy groups -OCH3 is 1. The lowest BCUT2D eigenvalue weighted by molar-refractivity contribution is -0.158. The molecular formula is C21H25F2N3O. The summed E-state index contributed by atoms with van der Waals surface area (Å²) in [6.07, 6.45) is 3.90. The number of aromatic nitrogens is 1. The van der Waals surface area contributed by atoms with E-state index in [0.717, 1.165) is 17.0 Å². The first kappa shape index (κ1) is 18.2. The molecule has 1 unspecified atom stereocenters. The van der Waals surface area contributed by atoms with Crippen LogP contribution in [-0.2, 0) is 6.54 Å². The molecule has 2 aliphatic heterocycles. The first-order valence-electron chi connectivity index (χ1n) is 9.39. The third-order valence-corrected chi connectivity index (χ3v) is 5.97. The van der Waals surface area contributed by atoms with Crippen LogP contribution < -0.4 is 9.64 Å². The van der Waals surface area contributed by atoms with Crippen LogP contribution in [0.15, 0.2) is 48.8 Å². The SMILES string of the molecule is COc1ccc(CN2CCC(F)(F)C3(CCN(c4cccnc4)C3)C2)cc1. The van der Waals surface area contributed by atoms with Crippen molar-refractivity contribution >= 4 is 5.69 Å². The van der Waals surface area contributed by atoms with Crippen molar-refractivity contribution in [3.63, 3.8) is 0 Å². The molecule has 4 rings (SSSR count). The standard InChI is InChI=1S/C21H25F2N3O/c1-27-19-6-4-17(5-7-19)14-25-11-9-21(22,23)20(15-25)8-12-26(16-20)18-3-2-10-24-13-18/h2-7,10,13H,8-9,11-12,14-16H2,1H3. The van der Waals surface area contributed by atoms with Gasteiger partial charge in [-0.2, -0.15) is 0 Å². The highest BCUT2D eigenvalue weighted by Crippen LogP contribution is 2.50. The molecule has 2 aromatic rings. The molecule has 144 valence electrons. The molecule has 2 saturated heterocycles. The Labute approximate surface area is 158 Å². The second-order valence-electron chi connectivity index (χ2n) is 7.68. The van der Waals surface area contributed by atoms with Gasteiger partial charge in [0.05, 0.1) is 24.4 Å². The first-order valence-corrected chi connectivity index (χ1v) is 9.39. The number of benzene rings is 1.